The van der Waals surface area contributed by atoms with Crippen LogP contribution in [-0.2, 0) is 16.0 Å². The Morgan fingerprint density at radius 3 is 3.04 bits per heavy atom. The topological polar surface area (TPSA) is 97.8 Å². The van der Waals surface area contributed by atoms with Gasteiger partial charge in [0.1, 0.15) is 11.3 Å². The van der Waals surface area contributed by atoms with Crippen molar-refractivity contribution in [2.75, 3.05) is 33.3 Å². The van der Waals surface area contributed by atoms with Gasteiger partial charge in [0.05, 0.1) is 25.7 Å². The molecule has 0 aliphatic carbocycles. The number of likely N-dealkylation sites (tertiary alicyclic amines) is 1. The van der Waals surface area contributed by atoms with Crippen LogP contribution < -0.4 is 15.8 Å². The highest BCUT2D eigenvalue weighted by atomic mass is 16.5. The number of methoxy groups -OCH3 is 1. The molecule has 1 fully saturated rings. The number of carbonyl (C=O) groups is 2. The van der Waals surface area contributed by atoms with Gasteiger partial charge in [-0.05, 0) is 25.0 Å². The normalized spacial score (nSPS) is 17.3. The maximum Gasteiger partial charge on any atom is 0.227 e. The summed E-state index contributed by atoms with van der Waals surface area (Å²) in [4.78, 5) is 26.6. The van der Waals surface area contributed by atoms with Gasteiger partial charge in [0.2, 0.25) is 11.8 Å². The van der Waals surface area contributed by atoms with E-state index in [1.807, 2.05) is 18.2 Å². The fourth-order valence-corrected chi connectivity index (χ4v) is 3.36. The Balaban J connectivity index is 1.65. The minimum Gasteiger partial charge on any atom is -0.497 e. The van der Waals surface area contributed by atoms with Gasteiger partial charge >= 0.3 is 0 Å². The summed E-state index contributed by atoms with van der Waals surface area (Å²) < 4.78 is 10.7. The molecule has 1 unspecified atom stereocenters. The monoisotopic (exact) mass is 359 g/mol. The Morgan fingerprint density at radius 1 is 1.42 bits per heavy atom. The molecule has 2 aromatic rings. The Labute approximate surface area is 152 Å². The molecule has 0 saturated carbocycles. The number of carbonyl (C=O) groups excluding carboxylic acids is 2. The molecule has 1 aliphatic rings. The van der Waals surface area contributed by atoms with Crippen LogP contribution in [0.4, 0.5) is 0 Å². The number of rotatable bonds is 6. The summed E-state index contributed by atoms with van der Waals surface area (Å²) in [5.74, 6) is 0.547. The second kappa shape index (κ2) is 8.23. The van der Waals surface area contributed by atoms with Crippen LogP contribution >= 0.6 is 0 Å². The highest BCUT2D eigenvalue weighted by Crippen LogP contribution is 2.26. The fourth-order valence-electron chi connectivity index (χ4n) is 3.36. The maximum absolute atomic E-state index is 12.7. The predicted octanol–water partition coefficient (Wildman–Crippen LogP) is 1.30. The van der Waals surface area contributed by atoms with Gasteiger partial charge in [0, 0.05) is 43.2 Å². The lowest BCUT2D eigenvalue weighted by atomic mass is 9.96. The highest BCUT2D eigenvalue weighted by molar-refractivity contribution is 5.88. The van der Waals surface area contributed by atoms with Crippen molar-refractivity contribution >= 4 is 22.8 Å². The Hall–Kier alpha value is -2.54. The quantitative estimate of drug-likeness (QED) is 0.810. The number of nitrogens with zero attached hydrogens (tertiary/aromatic N) is 1. The summed E-state index contributed by atoms with van der Waals surface area (Å²) in [5, 5.41) is 3.72. The molecule has 1 aromatic carbocycles. The van der Waals surface area contributed by atoms with E-state index in [0.29, 0.717) is 37.5 Å². The fraction of sp³-hybridized carbons (Fsp3) is 0.474. The Bertz CT molecular complexity index is 786. The Morgan fingerprint density at radius 2 is 2.27 bits per heavy atom. The van der Waals surface area contributed by atoms with Crippen molar-refractivity contribution in [2.45, 2.75) is 19.3 Å². The smallest absolute Gasteiger partial charge is 0.227 e. The SMILES string of the molecule is COc1ccc2c(CC(=O)N3CCCC(C(=O)NCCN)C3)coc2c1. The van der Waals surface area contributed by atoms with Crippen LogP contribution in [0.25, 0.3) is 11.0 Å². The number of hydrogen-bond donors (Lipinski definition) is 2. The summed E-state index contributed by atoms with van der Waals surface area (Å²) in [7, 11) is 1.60. The van der Waals surface area contributed by atoms with Crippen molar-refractivity contribution in [1.29, 1.82) is 0 Å². The molecule has 26 heavy (non-hydrogen) atoms. The number of piperidine rings is 1. The number of ether oxygens (including phenoxy) is 1. The third-order valence-corrected chi connectivity index (χ3v) is 4.79. The van der Waals surface area contributed by atoms with E-state index in [2.05, 4.69) is 5.32 Å². The van der Waals surface area contributed by atoms with Crippen LogP contribution in [0.2, 0.25) is 0 Å². The summed E-state index contributed by atoms with van der Waals surface area (Å²) in [6, 6.07) is 5.56. The first-order valence-electron chi connectivity index (χ1n) is 8.92. The molecule has 3 rings (SSSR count). The van der Waals surface area contributed by atoms with Gasteiger partial charge < -0.3 is 25.1 Å². The molecular formula is C19H25N3O4. The lowest BCUT2D eigenvalue weighted by Gasteiger charge is -2.32. The number of benzene rings is 1. The average molecular weight is 359 g/mol. The van der Waals surface area contributed by atoms with E-state index < -0.39 is 0 Å². The van der Waals surface area contributed by atoms with Crippen LogP contribution in [-0.4, -0.2) is 50.0 Å². The summed E-state index contributed by atoms with van der Waals surface area (Å²) in [6.07, 6.45) is 3.51. The van der Waals surface area contributed by atoms with Crippen LogP contribution in [0.1, 0.15) is 18.4 Å². The minimum absolute atomic E-state index is 0.0137. The Kier molecular flexibility index (Phi) is 5.78. The van der Waals surface area contributed by atoms with Crippen LogP contribution in [0, 0.1) is 5.92 Å². The van der Waals surface area contributed by atoms with Crippen LogP contribution in [0.3, 0.4) is 0 Å². The van der Waals surface area contributed by atoms with Crippen molar-refractivity contribution in [3.8, 4) is 5.75 Å². The molecule has 1 atom stereocenters. The van der Waals surface area contributed by atoms with Gasteiger partial charge in [-0.1, -0.05) is 0 Å². The number of amides is 2. The molecule has 3 N–H and O–H groups in total. The van der Waals surface area contributed by atoms with Gasteiger partial charge in [0.25, 0.3) is 0 Å². The van der Waals surface area contributed by atoms with E-state index in [1.54, 1.807) is 18.3 Å². The molecule has 7 heteroatoms. The number of nitrogens with two attached hydrogens (primary N) is 1. The second-order valence-electron chi connectivity index (χ2n) is 6.56. The van der Waals surface area contributed by atoms with E-state index in [4.69, 9.17) is 14.9 Å². The van der Waals surface area contributed by atoms with Crippen LogP contribution in [0.15, 0.2) is 28.9 Å². The van der Waals surface area contributed by atoms with Crippen molar-refractivity contribution in [1.82, 2.24) is 10.2 Å². The highest BCUT2D eigenvalue weighted by Gasteiger charge is 2.28. The third kappa shape index (κ3) is 3.99. The molecule has 2 amide bonds. The largest absolute Gasteiger partial charge is 0.497 e. The summed E-state index contributed by atoms with van der Waals surface area (Å²) in [5.41, 5.74) is 6.97. The molecule has 1 aliphatic heterocycles. The zero-order chi connectivity index (χ0) is 18.5. The lowest BCUT2D eigenvalue weighted by Crippen LogP contribution is -2.46. The van der Waals surface area contributed by atoms with Gasteiger partial charge in [-0.3, -0.25) is 9.59 Å². The maximum atomic E-state index is 12.7. The number of fused-ring (bicyclic) bond motifs is 1. The van der Waals surface area contributed by atoms with Gasteiger partial charge in [0.15, 0.2) is 0 Å². The molecular weight excluding hydrogens is 334 g/mol. The zero-order valence-electron chi connectivity index (χ0n) is 15.0. The van der Waals surface area contributed by atoms with Crippen molar-refractivity contribution in [3.05, 3.63) is 30.0 Å². The van der Waals surface area contributed by atoms with Gasteiger partial charge in [-0.2, -0.15) is 0 Å². The van der Waals surface area contributed by atoms with E-state index in [-0.39, 0.29) is 24.2 Å². The summed E-state index contributed by atoms with van der Waals surface area (Å²) in [6.45, 7) is 2.02. The van der Waals surface area contributed by atoms with Crippen molar-refractivity contribution < 1.29 is 18.7 Å². The zero-order valence-corrected chi connectivity index (χ0v) is 15.0. The first kappa shape index (κ1) is 18.3. The molecule has 2 heterocycles. The predicted molar refractivity (Wildman–Crippen MR) is 97.8 cm³/mol. The van der Waals surface area contributed by atoms with Crippen molar-refractivity contribution in [2.24, 2.45) is 11.7 Å². The number of furan rings is 1. The molecule has 0 bridgehead atoms. The van der Waals surface area contributed by atoms with Gasteiger partial charge in [-0.15, -0.1) is 0 Å². The standard InChI is InChI=1S/C19H25N3O4/c1-25-15-4-5-16-14(12-26-17(16)10-15)9-18(23)22-8-2-3-13(11-22)19(24)21-7-6-20/h4-5,10,12-13H,2-3,6-9,11,20H2,1H3,(H,21,24). The van der Waals surface area contributed by atoms with Crippen molar-refractivity contribution in [3.63, 3.8) is 0 Å². The number of nitrogens with one attached hydrogen (secondary N) is 1. The second-order valence-corrected chi connectivity index (χ2v) is 6.56. The van der Waals surface area contributed by atoms with E-state index >= 15 is 0 Å². The first-order chi connectivity index (χ1) is 12.6. The molecule has 0 spiro atoms. The van der Waals surface area contributed by atoms with E-state index in [0.717, 1.165) is 23.8 Å². The van der Waals surface area contributed by atoms with Gasteiger partial charge in [-0.25, -0.2) is 0 Å². The first-order valence-corrected chi connectivity index (χ1v) is 8.92. The van der Waals surface area contributed by atoms with E-state index in [1.165, 1.54) is 0 Å². The molecule has 1 saturated heterocycles. The van der Waals surface area contributed by atoms with E-state index in [9.17, 15) is 9.59 Å². The average Bonchev–Trinajstić information content (AvgIpc) is 3.08. The molecule has 1 aromatic heterocycles. The minimum atomic E-state index is -0.162. The number of hydrogen-bond acceptors (Lipinski definition) is 5. The molecule has 0 radical (unpaired) electrons. The lowest BCUT2D eigenvalue weighted by molar-refractivity contribution is -0.135. The third-order valence-electron chi connectivity index (χ3n) is 4.79. The molecule has 140 valence electrons. The van der Waals surface area contributed by atoms with Crippen LogP contribution in [0.5, 0.6) is 5.75 Å². The summed E-state index contributed by atoms with van der Waals surface area (Å²) >= 11 is 0. The molecule has 7 nitrogen and oxygen atoms in total.